The number of benzene rings is 1. The number of aliphatic hydroxyl groups excluding tert-OH is 1. The van der Waals surface area contributed by atoms with E-state index in [4.69, 9.17) is 4.74 Å². The van der Waals surface area contributed by atoms with Crippen molar-refractivity contribution < 1.29 is 9.84 Å². The predicted molar refractivity (Wildman–Crippen MR) is 45.7 cm³/mol. The Morgan fingerprint density at radius 1 is 1.33 bits per heavy atom. The van der Waals surface area contributed by atoms with Crippen LogP contribution in [0, 0.1) is 0 Å². The molecule has 1 aliphatic heterocycles. The van der Waals surface area contributed by atoms with Crippen LogP contribution >= 0.6 is 0 Å². The molecule has 1 aromatic rings. The molecule has 2 nitrogen and oxygen atoms in total. The van der Waals surface area contributed by atoms with Crippen LogP contribution in [0.5, 0.6) is 0 Å². The Kier molecular flexibility index (Phi) is 1.87. The number of ether oxygens (including phenoxy) is 1. The third kappa shape index (κ3) is 1.36. The molecule has 1 saturated heterocycles. The van der Waals surface area contributed by atoms with Crippen molar-refractivity contribution in [3.8, 4) is 0 Å². The van der Waals surface area contributed by atoms with Gasteiger partial charge in [-0.15, -0.1) is 0 Å². The van der Waals surface area contributed by atoms with E-state index in [9.17, 15) is 5.11 Å². The molecule has 0 saturated carbocycles. The zero-order valence-electron chi connectivity index (χ0n) is 6.97. The maximum atomic E-state index is 9.20. The van der Waals surface area contributed by atoms with Gasteiger partial charge in [-0.3, -0.25) is 0 Å². The first-order valence-electron chi connectivity index (χ1n) is 4.17. The minimum absolute atomic E-state index is 0.00685. The second-order valence-electron chi connectivity index (χ2n) is 3.17. The monoisotopic (exact) mass is 164 g/mol. The van der Waals surface area contributed by atoms with Crippen molar-refractivity contribution in [2.24, 2.45) is 0 Å². The lowest BCUT2D eigenvalue weighted by molar-refractivity contribution is 0.152. The maximum Gasteiger partial charge on any atom is 0.114 e. The van der Waals surface area contributed by atoms with Crippen molar-refractivity contribution in [2.75, 3.05) is 0 Å². The van der Waals surface area contributed by atoms with Crippen LogP contribution in [0.2, 0.25) is 0 Å². The fourth-order valence-electron chi connectivity index (χ4n) is 1.40. The minimum atomic E-state index is -0.366. The molecule has 2 heteroatoms. The Morgan fingerprint density at radius 3 is 2.50 bits per heavy atom. The summed E-state index contributed by atoms with van der Waals surface area (Å²) in [6.07, 6.45) is -0.242. The summed E-state index contributed by atoms with van der Waals surface area (Å²) in [6.45, 7) is 1.76. The molecule has 0 aromatic heterocycles. The van der Waals surface area contributed by atoms with Gasteiger partial charge in [0, 0.05) is 0 Å². The topological polar surface area (TPSA) is 32.8 Å². The van der Waals surface area contributed by atoms with Gasteiger partial charge in [0.1, 0.15) is 12.2 Å². The van der Waals surface area contributed by atoms with E-state index < -0.39 is 0 Å². The van der Waals surface area contributed by atoms with Gasteiger partial charge < -0.3 is 9.84 Å². The summed E-state index contributed by atoms with van der Waals surface area (Å²) >= 11 is 0. The van der Waals surface area contributed by atoms with E-state index >= 15 is 0 Å². The number of hydrogen-bond acceptors (Lipinski definition) is 2. The van der Waals surface area contributed by atoms with Crippen LogP contribution in [0.4, 0.5) is 0 Å². The van der Waals surface area contributed by atoms with Gasteiger partial charge >= 0.3 is 0 Å². The highest BCUT2D eigenvalue weighted by atomic mass is 16.6. The zero-order chi connectivity index (χ0) is 8.55. The SMILES string of the molecule is C[C@H](O)C1OC1c1ccccc1. The number of aliphatic hydroxyl groups is 1. The van der Waals surface area contributed by atoms with Crippen molar-refractivity contribution in [3.05, 3.63) is 35.9 Å². The first-order valence-corrected chi connectivity index (χ1v) is 4.17. The van der Waals surface area contributed by atoms with Gasteiger partial charge in [-0.1, -0.05) is 30.3 Å². The van der Waals surface area contributed by atoms with Crippen LogP contribution in [-0.2, 0) is 4.74 Å². The molecule has 0 spiro atoms. The molecular weight excluding hydrogens is 152 g/mol. The van der Waals surface area contributed by atoms with Gasteiger partial charge in [0.15, 0.2) is 0 Å². The highest BCUT2D eigenvalue weighted by molar-refractivity contribution is 5.22. The van der Waals surface area contributed by atoms with Crippen molar-refractivity contribution in [2.45, 2.75) is 25.2 Å². The molecule has 0 radical (unpaired) electrons. The molecule has 0 bridgehead atoms. The van der Waals surface area contributed by atoms with Crippen LogP contribution < -0.4 is 0 Å². The maximum absolute atomic E-state index is 9.20. The zero-order valence-corrected chi connectivity index (χ0v) is 6.97. The van der Waals surface area contributed by atoms with Gasteiger partial charge in [0.05, 0.1) is 6.10 Å². The highest BCUT2D eigenvalue weighted by Gasteiger charge is 2.43. The first-order chi connectivity index (χ1) is 5.79. The largest absolute Gasteiger partial charge is 0.391 e. The number of hydrogen-bond donors (Lipinski definition) is 1. The first kappa shape index (κ1) is 7.77. The van der Waals surface area contributed by atoms with Gasteiger partial charge in [-0.05, 0) is 12.5 Å². The molecule has 1 aliphatic rings. The third-order valence-corrected chi connectivity index (χ3v) is 2.13. The van der Waals surface area contributed by atoms with Crippen LogP contribution in [-0.4, -0.2) is 17.3 Å². The van der Waals surface area contributed by atoms with Crippen LogP contribution in [0.1, 0.15) is 18.6 Å². The molecule has 0 amide bonds. The standard InChI is InChI=1S/C10H12O2/c1-7(11)9-10(12-9)8-5-3-2-4-6-8/h2-7,9-11H,1H3/t7-,9?,10?/m0/s1. The Balaban J connectivity index is 2.06. The lowest BCUT2D eigenvalue weighted by Crippen LogP contribution is -2.09. The molecule has 12 heavy (non-hydrogen) atoms. The van der Waals surface area contributed by atoms with E-state index in [0.717, 1.165) is 5.56 Å². The van der Waals surface area contributed by atoms with Gasteiger partial charge in [-0.2, -0.15) is 0 Å². The molecule has 1 heterocycles. The van der Waals surface area contributed by atoms with Gasteiger partial charge in [0.2, 0.25) is 0 Å². The smallest absolute Gasteiger partial charge is 0.114 e. The summed E-state index contributed by atoms with van der Waals surface area (Å²) in [7, 11) is 0. The lowest BCUT2D eigenvalue weighted by Gasteiger charge is -1.97. The lowest BCUT2D eigenvalue weighted by atomic mass is 10.1. The third-order valence-electron chi connectivity index (χ3n) is 2.13. The van der Waals surface area contributed by atoms with E-state index in [1.807, 2.05) is 30.3 Å². The van der Waals surface area contributed by atoms with E-state index in [0.29, 0.717) is 0 Å². The molecule has 64 valence electrons. The average molecular weight is 164 g/mol. The van der Waals surface area contributed by atoms with Crippen molar-refractivity contribution in [3.63, 3.8) is 0 Å². The van der Waals surface area contributed by atoms with Crippen molar-refractivity contribution in [1.29, 1.82) is 0 Å². The van der Waals surface area contributed by atoms with E-state index in [1.165, 1.54) is 0 Å². The number of epoxide rings is 1. The van der Waals surface area contributed by atoms with Crippen LogP contribution in [0.25, 0.3) is 0 Å². The highest BCUT2D eigenvalue weighted by Crippen LogP contribution is 2.40. The van der Waals surface area contributed by atoms with Crippen LogP contribution in [0.15, 0.2) is 30.3 Å². The summed E-state index contributed by atoms with van der Waals surface area (Å²) in [5.41, 5.74) is 1.16. The normalized spacial score (nSPS) is 29.8. The molecule has 2 rings (SSSR count). The van der Waals surface area contributed by atoms with Crippen molar-refractivity contribution >= 4 is 0 Å². The Bertz CT molecular complexity index is 256. The molecule has 1 N–H and O–H groups in total. The molecule has 1 fully saturated rings. The summed E-state index contributed by atoms with van der Waals surface area (Å²) < 4.78 is 5.31. The quantitative estimate of drug-likeness (QED) is 0.672. The summed E-state index contributed by atoms with van der Waals surface area (Å²) in [6, 6.07) is 9.98. The van der Waals surface area contributed by atoms with Crippen LogP contribution in [0.3, 0.4) is 0 Å². The molecule has 3 atom stereocenters. The van der Waals surface area contributed by atoms with Gasteiger partial charge in [-0.25, -0.2) is 0 Å². The molecule has 0 aliphatic carbocycles. The second kappa shape index (κ2) is 2.88. The van der Waals surface area contributed by atoms with E-state index in [-0.39, 0.29) is 18.3 Å². The van der Waals surface area contributed by atoms with E-state index in [1.54, 1.807) is 6.92 Å². The predicted octanol–water partition coefficient (Wildman–Crippen LogP) is 1.51. The van der Waals surface area contributed by atoms with Crippen molar-refractivity contribution in [1.82, 2.24) is 0 Å². The summed E-state index contributed by atoms with van der Waals surface area (Å²) in [5.74, 6) is 0. The summed E-state index contributed by atoms with van der Waals surface area (Å²) in [4.78, 5) is 0. The Morgan fingerprint density at radius 2 is 2.00 bits per heavy atom. The van der Waals surface area contributed by atoms with Gasteiger partial charge in [0.25, 0.3) is 0 Å². The molecule has 2 unspecified atom stereocenters. The average Bonchev–Trinajstić information content (AvgIpc) is 2.84. The number of rotatable bonds is 2. The Labute approximate surface area is 71.8 Å². The fourth-order valence-corrected chi connectivity index (χ4v) is 1.40. The molecular formula is C10H12O2. The molecule has 1 aromatic carbocycles. The van der Waals surface area contributed by atoms with E-state index in [2.05, 4.69) is 0 Å². The minimum Gasteiger partial charge on any atom is -0.391 e. The second-order valence-corrected chi connectivity index (χ2v) is 3.17. The fraction of sp³-hybridized carbons (Fsp3) is 0.400. The summed E-state index contributed by atoms with van der Waals surface area (Å²) in [5, 5.41) is 9.20. The Hall–Kier alpha value is -0.860.